The summed E-state index contributed by atoms with van der Waals surface area (Å²) >= 11 is 0. The molecule has 22 heavy (non-hydrogen) atoms. The predicted octanol–water partition coefficient (Wildman–Crippen LogP) is 1.68. The Morgan fingerprint density at radius 1 is 1.36 bits per heavy atom. The Morgan fingerprint density at radius 3 is 2.82 bits per heavy atom. The van der Waals surface area contributed by atoms with E-state index >= 15 is 0 Å². The molecule has 5 nitrogen and oxygen atoms in total. The number of ether oxygens (including phenoxy) is 1. The lowest BCUT2D eigenvalue weighted by atomic mass is 10.1. The molecule has 0 N–H and O–H groups in total. The van der Waals surface area contributed by atoms with Crippen molar-refractivity contribution in [3.05, 3.63) is 30.3 Å². The molecule has 0 spiro atoms. The Hall–Kier alpha value is -1.88. The van der Waals surface area contributed by atoms with Crippen molar-refractivity contribution in [2.75, 3.05) is 31.6 Å². The minimum Gasteiger partial charge on any atom is -0.376 e. The molecule has 118 valence electrons. The lowest BCUT2D eigenvalue weighted by Crippen LogP contribution is -2.36. The third-order valence-corrected chi connectivity index (χ3v) is 4.49. The van der Waals surface area contributed by atoms with Gasteiger partial charge in [0.2, 0.25) is 11.8 Å². The fraction of sp³-hybridized carbons (Fsp3) is 0.529. The SMILES string of the molecule is CN(C(=O)C1CC(=O)N(CC2CCCO2)C1)c1ccccc1. The largest absolute Gasteiger partial charge is 0.376 e. The molecule has 2 aliphatic heterocycles. The second-order valence-electron chi connectivity index (χ2n) is 6.07. The van der Waals surface area contributed by atoms with E-state index in [1.807, 2.05) is 30.3 Å². The van der Waals surface area contributed by atoms with Gasteiger partial charge in [-0.3, -0.25) is 9.59 Å². The van der Waals surface area contributed by atoms with E-state index in [0.717, 1.165) is 25.1 Å². The standard InChI is InChI=1S/C17H22N2O3/c1-18(14-6-3-2-4-7-14)17(21)13-10-16(20)19(11-13)12-15-8-5-9-22-15/h2-4,6-7,13,15H,5,8-12H2,1H3. The number of hydrogen-bond donors (Lipinski definition) is 0. The van der Waals surface area contributed by atoms with Crippen LogP contribution in [0.5, 0.6) is 0 Å². The summed E-state index contributed by atoms with van der Waals surface area (Å²) in [5, 5.41) is 0. The van der Waals surface area contributed by atoms with Crippen molar-refractivity contribution in [2.24, 2.45) is 5.92 Å². The van der Waals surface area contributed by atoms with Crippen LogP contribution in [0.25, 0.3) is 0 Å². The molecule has 0 bridgehead atoms. The lowest BCUT2D eigenvalue weighted by molar-refractivity contribution is -0.129. The molecule has 0 aliphatic carbocycles. The molecular formula is C17H22N2O3. The van der Waals surface area contributed by atoms with Gasteiger partial charge in [0, 0.05) is 38.9 Å². The summed E-state index contributed by atoms with van der Waals surface area (Å²) in [6.45, 7) is 1.91. The summed E-state index contributed by atoms with van der Waals surface area (Å²) in [7, 11) is 1.77. The molecule has 3 rings (SSSR count). The molecule has 2 atom stereocenters. The third kappa shape index (κ3) is 3.14. The van der Waals surface area contributed by atoms with Crippen molar-refractivity contribution in [3.63, 3.8) is 0 Å². The van der Waals surface area contributed by atoms with Crippen LogP contribution in [0.15, 0.2) is 30.3 Å². The summed E-state index contributed by atoms with van der Waals surface area (Å²) in [6, 6.07) is 9.53. The third-order valence-electron chi connectivity index (χ3n) is 4.49. The van der Waals surface area contributed by atoms with Gasteiger partial charge in [-0.1, -0.05) is 18.2 Å². The molecule has 2 aliphatic rings. The number of hydrogen-bond acceptors (Lipinski definition) is 3. The normalized spacial score (nSPS) is 24.8. The smallest absolute Gasteiger partial charge is 0.232 e. The first-order valence-corrected chi connectivity index (χ1v) is 7.87. The zero-order chi connectivity index (χ0) is 15.5. The van der Waals surface area contributed by atoms with Crippen LogP contribution in [-0.4, -0.2) is 49.6 Å². The van der Waals surface area contributed by atoms with E-state index in [1.165, 1.54) is 0 Å². The van der Waals surface area contributed by atoms with Crippen molar-refractivity contribution in [2.45, 2.75) is 25.4 Å². The van der Waals surface area contributed by atoms with Crippen LogP contribution in [-0.2, 0) is 14.3 Å². The number of anilines is 1. The molecule has 2 fully saturated rings. The molecule has 2 saturated heterocycles. The minimum atomic E-state index is -0.251. The van der Waals surface area contributed by atoms with E-state index in [2.05, 4.69) is 0 Å². The number of carbonyl (C=O) groups is 2. The zero-order valence-electron chi connectivity index (χ0n) is 12.9. The van der Waals surface area contributed by atoms with Crippen LogP contribution >= 0.6 is 0 Å². The molecular weight excluding hydrogens is 280 g/mol. The highest BCUT2D eigenvalue weighted by Gasteiger charge is 2.37. The van der Waals surface area contributed by atoms with E-state index in [9.17, 15) is 9.59 Å². The van der Waals surface area contributed by atoms with Crippen molar-refractivity contribution < 1.29 is 14.3 Å². The topological polar surface area (TPSA) is 49.9 Å². The van der Waals surface area contributed by atoms with E-state index in [-0.39, 0.29) is 23.8 Å². The van der Waals surface area contributed by atoms with Crippen LogP contribution in [0, 0.1) is 5.92 Å². The minimum absolute atomic E-state index is 0.00869. The van der Waals surface area contributed by atoms with Crippen LogP contribution < -0.4 is 4.90 Å². The Bertz CT molecular complexity index is 540. The van der Waals surface area contributed by atoms with Gasteiger partial charge in [-0.15, -0.1) is 0 Å². The van der Waals surface area contributed by atoms with Crippen molar-refractivity contribution in [3.8, 4) is 0 Å². The Balaban J connectivity index is 1.61. The van der Waals surface area contributed by atoms with Gasteiger partial charge in [-0.05, 0) is 25.0 Å². The highest BCUT2D eigenvalue weighted by atomic mass is 16.5. The predicted molar refractivity (Wildman–Crippen MR) is 83.5 cm³/mol. The molecule has 0 saturated carbocycles. The number of likely N-dealkylation sites (tertiary alicyclic amines) is 1. The number of amides is 2. The quantitative estimate of drug-likeness (QED) is 0.850. The van der Waals surface area contributed by atoms with Gasteiger partial charge in [-0.2, -0.15) is 0 Å². The first-order chi connectivity index (χ1) is 10.6. The molecule has 2 unspecified atom stereocenters. The van der Waals surface area contributed by atoms with Gasteiger partial charge < -0.3 is 14.5 Å². The van der Waals surface area contributed by atoms with E-state index in [0.29, 0.717) is 19.5 Å². The van der Waals surface area contributed by atoms with Crippen molar-refractivity contribution in [1.82, 2.24) is 4.90 Å². The van der Waals surface area contributed by atoms with Crippen LogP contribution in [0.2, 0.25) is 0 Å². The maximum atomic E-state index is 12.6. The Labute approximate surface area is 130 Å². The zero-order valence-corrected chi connectivity index (χ0v) is 12.9. The second kappa shape index (κ2) is 6.48. The second-order valence-corrected chi connectivity index (χ2v) is 6.07. The molecule has 1 aromatic rings. The van der Waals surface area contributed by atoms with Gasteiger partial charge in [0.05, 0.1) is 12.0 Å². The fourth-order valence-corrected chi connectivity index (χ4v) is 3.20. The van der Waals surface area contributed by atoms with Gasteiger partial charge in [-0.25, -0.2) is 0 Å². The molecule has 0 aromatic heterocycles. The van der Waals surface area contributed by atoms with Gasteiger partial charge in [0.15, 0.2) is 0 Å². The maximum absolute atomic E-state index is 12.6. The summed E-state index contributed by atoms with van der Waals surface area (Å²) in [5.74, 6) is -0.177. The Morgan fingerprint density at radius 2 is 2.14 bits per heavy atom. The van der Waals surface area contributed by atoms with Crippen molar-refractivity contribution >= 4 is 17.5 Å². The van der Waals surface area contributed by atoms with Gasteiger partial charge >= 0.3 is 0 Å². The van der Waals surface area contributed by atoms with Crippen LogP contribution in [0.4, 0.5) is 5.69 Å². The number of carbonyl (C=O) groups excluding carboxylic acids is 2. The summed E-state index contributed by atoms with van der Waals surface area (Å²) in [4.78, 5) is 28.2. The average Bonchev–Trinajstić information content (AvgIpc) is 3.18. The number of rotatable bonds is 4. The van der Waals surface area contributed by atoms with E-state index < -0.39 is 0 Å². The number of nitrogens with zero attached hydrogens (tertiary/aromatic N) is 2. The molecule has 2 heterocycles. The fourth-order valence-electron chi connectivity index (χ4n) is 3.20. The van der Waals surface area contributed by atoms with Gasteiger partial charge in [0.25, 0.3) is 0 Å². The highest BCUT2D eigenvalue weighted by molar-refractivity contribution is 5.98. The number of para-hydroxylation sites is 1. The van der Waals surface area contributed by atoms with Crippen molar-refractivity contribution in [1.29, 1.82) is 0 Å². The first-order valence-electron chi connectivity index (χ1n) is 7.87. The van der Waals surface area contributed by atoms with Crippen LogP contribution in [0.1, 0.15) is 19.3 Å². The highest BCUT2D eigenvalue weighted by Crippen LogP contribution is 2.24. The summed E-state index contributed by atoms with van der Waals surface area (Å²) in [5.41, 5.74) is 0.859. The monoisotopic (exact) mass is 302 g/mol. The Kier molecular flexibility index (Phi) is 4.43. The molecule has 1 aromatic carbocycles. The lowest BCUT2D eigenvalue weighted by Gasteiger charge is -2.22. The average molecular weight is 302 g/mol. The maximum Gasteiger partial charge on any atom is 0.232 e. The molecule has 5 heteroatoms. The summed E-state index contributed by atoms with van der Waals surface area (Å²) < 4.78 is 5.59. The summed E-state index contributed by atoms with van der Waals surface area (Å²) in [6.07, 6.45) is 2.52. The first kappa shape index (κ1) is 15.0. The molecule has 2 amide bonds. The molecule has 0 radical (unpaired) electrons. The van der Waals surface area contributed by atoms with Crippen LogP contribution in [0.3, 0.4) is 0 Å². The van der Waals surface area contributed by atoms with E-state index in [1.54, 1.807) is 16.8 Å². The number of benzene rings is 1. The van der Waals surface area contributed by atoms with E-state index in [4.69, 9.17) is 4.74 Å². The van der Waals surface area contributed by atoms with Gasteiger partial charge in [0.1, 0.15) is 0 Å².